The van der Waals surface area contributed by atoms with Gasteiger partial charge in [0, 0.05) is 19.2 Å². The zero-order valence-electron chi connectivity index (χ0n) is 12.1. The van der Waals surface area contributed by atoms with Crippen molar-refractivity contribution >= 4 is 17.3 Å². The van der Waals surface area contributed by atoms with Crippen LogP contribution in [0, 0.1) is 11.3 Å². The number of benzene rings is 1. The second-order valence-electron chi connectivity index (χ2n) is 5.49. The number of nitrogens with zero attached hydrogens (tertiary/aromatic N) is 1. The van der Waals surface area contributed by atoms with E-state index in [4.69, 9.17) is 27.3 Å². The van der Waals surface area contributed by atoms with E-state index in [2.05, 4.69) is 11.4 Å². The number of nitriles is 1. The van der Waals surface area contributed by atoms with E-state index < -0.39 is 0 Å². The summed E-state index contributed by atoms with van der Waals surface area (Å²) in [5, 5.41) is 12.6. The summed E-state index contributed by atoms with van der Waals surface area (Å²) in [6.07, 6.45) is 5.61. The molecule has 0 amide bonds. The van der Waals surface area contributed by atoms with Gasteiger partial charge in [0.2, 0.25) is 0 Å². The molecular formula is C16H22ClN3O. The fourth-order valence-electron chi connectivity index (χ4n) is 2.53. The zero-order chi connectivity index (χ0) is 15.1. The predicted molar refractivity (Wildman–Crippen MR) is 85.5 cm³/mol. The van der Waals surface area contributed by atoms with Crippen molar-refractivity contribution in [1.82, 2.24) is 0 Å². The number of nitrogens with one attached hydrogen (secondary N) is 1. The summed E-state index contributed by atoms with van der Waals surface area (Å²) >= 11 is 6.10. The van der Waals surface area contributed by atoms with Crippen LogP contribution in [-0.4, -0.2) is 25.3 Å². The Hall–Kier alpha value is -1.28. The van der Waals surface area contributed by atoms with Crippen LogP contribution in [0.15, 0.2) is 18.2 Å². The lowest BCUT2D eigenvalue weighted by Gasteiger charge is -2.26. The molecule has 3 N–H and O–H groups in total. The van der Waals surface area contributed by atoms with Gasteiger partial charge in [-0.05, 0) is 50.3 Å². The van der Waals surface area contributed by atoms with Crippen LogP contribution in [0.3, 0.4) is 0 Å². The molecule has 114 valence electrons. The van der Waals surface area contributed by atoms with Gasteiger partial charge in [0.05, 0.1) is 28.4 Å². The third-order valence-corrected chi connectivity index (χ3v) is 4.12. The summed E-state index contributed by atoms with van der Waals surface area (Å²) in [4.78, 5) is 0. The van der Waals surface area contributed by atoms with Crippen molar-refractivity contribution in [1.29, 1.82) is 5.26 Å². The Morgan fingerprint density at radius 2 is 2.10 bits per heavy atom. The lowest BCUT2D eigenvalue weighted by atomic mass is 9.94. The van der Waals surface area contributed by atoms with Gasteiger partial charge in [0.1, 0.15) is 0 Å². The Labute approximate surface area is 131 Å². The van der Waals surface area contributed by atoms with Gasteiger partial charge in [-0.2, -0.15) is 5.26 Å². The van der Waals surface area contributed by atoms with Gasteiger partial charge in [0.25, 0.3) is 0 Å². The minimum Gasteiger partial charge on any atom is -0.384 e. The van der Waals surface area contributed by atoms with Crippen LogP contribution in [0.1, 0.15) is 37.7 Å². The minimum absolute atomic E-state index is 0.366. The summed E-state index contributed by atoms with van der Waals surface area (Å²) in [7, 11) is 0. The first kappa shape index (κ1) is 16.1. The van der Waals surface area contributed by atoms with Gasteiger partial charge >= 0.3 is 0 Å². The molecule has 0 radical (unpaired) electrons. The first-order chi connectivity index (χ1) is 10.2. The van der Waals surface area contributed by atoms with Crippen molar-refractivity contribution < 1.29 is 4.74 Å². The monoisotopic (exact) mass is 307 g/mol. The van der Waals surface area contributed by atoms with E-state index in [0.717, 1.165) is 50.9 Å². The van der Waals surface area contributed by atoms with Crippen LogP contribution in [0.5, 0.6) is 0 Å². The van der Waals surface area contributed by atoms with E-state index in [1.54, 1.807) is 12.1 Å². The van der Waals surface area contributed by atoms with Gasteiger partial charge in [-0.1, -0.05) is 11.6 Å². The third kappa shape index (κ3) is 5.20. The number of rotatable bonds is 6. The smallest absolute Gasteiger partial charge is 0.0992 e. The third-order valence-electron chi connectivity index (χ3n) is 3.81. The van der Waals surface area contributed by atoms with Crippen molar-refractivity contribution in [2.24, 2.45) is 5.73 Å². The Morgan fingerprint density at radius 3 is 2.76 bits per heavy atom. The molecule has 1 aromatic carbocycles. The van der Waals surface area contributed by atoms with E-state index in [1.807, 2.05) is 6.07 Å². The van der Waals surface area contributed by atoms with Crippen molar-refractivity contribution in [2.45, 2.75) is 44.2 Å². The fourth-order valence-corrected chi connectivity index (χ4v) is 2.78. The normalized spacial score (nSPS) is 21.8. The Bertz CT molecular complexity index is 493. The molecule has 0 atom stereocenters. The quantitative estimate of drug-likeness (QED) is 0.791. The molecule has 1 aromatic rings. The van der Waals surface area contributed by atoms with E-state index in [1.165, 1.54) is 0 Å². The van der Waals surface area contributed by atoms with Crippen LogP contribution >= 0.6 is 11.6 Å². The van der Waals surface area contributed by atoms with Crippen LogP contribution in [0.2, 0.25) is 5.02 Å². The highest BCUT2D eigenvalue weighted by atomic mass is 35.5. The van der Waals surface area contributed by atoms with Gasteiger partial charge in [0.15, 0.2) is 0 Å². The van der Waals surface area contributed by atoms with Gasteiger partial charge in [-0.15, -0.1) is 0 Å². The second kappa shape index (κ2) is 8.23. The number of hydrogen-bond donors (Lipinski definition) is 2. The average Bonchev–Trinajstić information content (AvgIpc) is 2.50. The summed E-state index contributed by atoms with van der Waals surface area (Å²) < 4.78 is 5.86. The first-order valence-corrected chi connectivity index (χ1v) is 7.87. The zero-order valence-corrected chi connectivity index (χ0v) is 12.9. The molecule has 1 fully saturated rings. The van der Waals surface area contributed by atoms with Crippen LogP contribution < -0.4 is 11.1 Å². The summed E-state index contributed by atoms with van der Waals surface area (Å²) in [5.74, 6) is 0. The molecule has 2 rings (SSSR count). The van der Waals surface area contributed by atoms with Gasteiger partial charge < -0.3 is 15.8 Å². The van der Waals surface area contributed by atoms with Crippen LogP contribution in [0.25, 0.3) is 0 Å². The highest BCUT2D eigenvalue weighted by Crippen LogP contribution is 2.23. The Kier molecular flexibility index (Phi) is 6.31. The highest BCUT2D eigenvalue weighted by Gasteiger charge is 2.18. The molecule has 1 aliphatic rings. The highest BCUT2D eigenvalue weighted by molar-refractivity contribution is 6.33. The Balaban J connectivity index is 1.63. The van der Waals surface area contributed by atoms with Crippen LogP contribution in [-0.2, 0) is 4.74 Å². The average molecular weight is 308 g/mol. The second-order valence-corrected chi connectivity index (χ2v) is 5.90. The van der Waals surface area contributed by atoms with Gasteiger partial charge in [-0.25, -0.2) is 0 Å². The van der Waals surface area contributed by atoms with Crippen molar-refractivity contribution in [3.8, 4) is 6.07 Å². The summed E-state index contributed by atoms with van der Waals surface area (Å²) in [5.41, 5.74) is 7.31. The minimum atomic E-state index is 0.366. The van der Waals surface area contributed by atoms with Crippen molar-refractivity contribution in [3.05, 3.63) is 28.8 Å². The van der Waals surface area contributed by atoms with Crippen molar-refractivity contribution in [2.75, 3.05) is 18.5 Å². The maximum atomic E-state index is 8.79. The molecule has 0 aromatic heterocycles. The van der Waals surface area contributed by atoms with E-state index in [9.17, 15) is 0 Å². The lowest BCUT2D eigenvalue weighted by molar-refractivity contribution is 0.0251. The molecule has 5 heteroatoms. The fraction of sp³-hybridized carbons (Fsp3) is 0.562. The van der Waals surface area contributed by atoms with Crippen molar-refractivity contribution in [3.63, 3.8) is 0 Å². The predicted octanol–water partition coefficient (Wildman–Crippen LogP) is 3.30. The molecule has 0 heterocycles. The largest absolute Gasteiger partial charge is 0.384 e. The molecular weight excluding hydrogens is 286 g/mol. The molecule has 1 aliphatic carbocycles. The Morgan fingerprint density at radius 1 is 1.33 bits per heavy atom. The summed E-state index contributed by atoms with van der Waals surface area (Å²) in [6, 6.07) is 7.71. The number of ether oxygens (including phenoxy) is 1. The first-order valence-electron chi connectivity index (χ1n) is 7.49. The molecule has 4 nitrogen and oxygen atoms in total. The molecule has 0 saturated heterocycles. The number of hydrogen-bond acceptors (Lipinski definition) is 4. The molecule has 0 unspecified atom stereocenters. The van der Waals surface area contributed by atoms with Crippen LogP contribution in [0.4, 0.5) is 5.69 Å². The number of anilines is 1. The lowest BCUT2D eigenvalue weighted by Crippen LogP contribution is -2.30. The van der Waals surface area contributed by atoms with E-state index >= 15 is 0 Å². The number of halogens is 1. The molecule has 21 heavy (non-hydrogen) atoms. The maximum absolute atomic E-state index is 8.79. The maximum Gasteiger partial charge on any atom is 0.0992 e. The summed E-state index contributed by atoms with van der Waals surface area (Å²) in [6.45, 7) is 1.55. The molecule has 0 bridgehead atoms. The molecule has 1 saturated carbocycles. The number of nitrogens with two attached hydrogens (primary N) is 1. The van der Waals surface area contributed by atoms with E-state index in [-0.39, 0.29) is 0 Å². The SMILES string of the molecule is N#Cc1ccc(NCCCOC2CCC(N)CC2)c(Cl)c1. The topological polar surface area (TPSA) is 71.1 Å². The molecule has 0 spiro atoms. The van der Waals surface area contributed by atoms with E-state index in [0.29, 0.717) is 22.7 Å². The standard InChI is InChI=1S/C16H22ClN3O/c17-15-10-12(11-18)2-7-16(15)20-8-1-9-21-14-5-3-13(19)4-6-14/h2,7,10,13-14,20H,1,3-6,8-9,19H2. The van der Waals surface area contributed by atoms with Gasteiger partial charge in [-0.3, -0.25) is 0 Å². The molecule has 0 aliphatic heterocycles.